The molecule has 0 bridgehead atoms. The summed E-state index contributed by atoms with van der Waals surface area (Å²) in [5.74, 6) is -1.37. The molecule has 0 saturated carbocycles. The molecule has 0 aliphatic rings. The Bertz CT molecular complexity index is 592. The van der Waals surface area contributed by atoms with Gasteiger partial charge in [-0.25, -0.2) is 8.78 Å². The molecule has 0 atom stereocenters. The molecule has 2 nitrogen and oxygen atoms in total. The highest BCUT2D eigenvalue weighted by molar-refractivity contribution is 6.32. The predicted molar refractivity (Wildman–Crippen MR) is 72.0 cm³/mol. The molecule has 0 aliphatic heterocycles. The first-order valence-electron chi connectivity index (χ1n) is 5.89. The summed E-state index contributed by atoms with van der Waals surface area (Å²) in [6.45, 7) is -0.294. The third-order valence-electron chi connectivity index (χ3n) is 2.61. The van der Waals surface area contributed by atoms with E-state index in [4.69, 9.17) is 16.3 Å². The first-order valence-corrected chi connectivity index (χ1v) is 6.27. The van der Waals surface area contributed by atoms with E-state index in [0.717, 1.165) is 0 Å². The molecule has 2 aromatic carbocycles. The average Bonchev–Trinajstić information content (AvgIpc) is 2.41. The number of para-hydroxylation sites is 1. The second-order valence-electron chi connectivity index (χ2n) is 4.18. The Labute approximate surface area is 119 Å². The number of carbonyl (C=O) groups excluding carboxylic acids is 1. The molecule has 104 valence electrons. The minimum Gasteiger partial charge on any atom is -0.481 e. The molecule has 0 N–H and O–H groups in total. The fraction of sp³-hybridized carbons (Fsp3) is 0.133. The Morgan fingerprint density at radius 1 is 1.10 bits per heavy atom. The number of hydrogen-bond donors (Lipinski definition) is 0. The van der Waals surface area contributed by atoms with E-state index in [-0.39, 0.29) is 35.4 Å². The minimum absolute atomic E-state index is 0.0896. The zero-order chi connectivity index (χ0) is 14.5. The van der Waals surface area contributed by atoms with Gasteiger partial charge in [0, 0.05) is 6.42 Å². The summed E-state index contributed by atoms with van der Waals surface area (Å²) in [6, 6.07) is 9.71. The van der Waals surface area contributed by atoms with Gasteiger partial charge in [-0.05, 0) is 29.8 Å². The van der Waals surface area contributed by atoms with Crippen molar-refractivity contribution in [2.24, 2.45) is 0 Å². The fourth-order valence-corrected chi connectivity index (χ4v) is 1.87. The van der Waals surface area contributed by atoms with Crippen molar-refractivity contribution in [3.8, 4) is 5.75 Å². The van der Waals surface area contributed by atoms with Gasteiger partial charge >= 0.3 is 0 Å². The lowest BCUT2D eigenvalue weighted by Gasteiger charge is -2.08. The normalized spacial score (nSPS) is 10.3. The fourth-order valence-electron chi connectivity index (χ4n) is 1.65. The monoisotopic (exact) mass is 296 g/mol. The molecule has 0 fully saturated rings. The first-order chi connectivity index (χ1) is 9.56. The van der Waals surface area contributed by atoms with Crippen molar-refractivity contribution < 1.29 is 18.3 Å². The minimum atomic E-state index is -0.618. The second-order valence-corrected chi connectivity index (χ2v) is 4.59. The Balaban J connectivity index is 1.94. The molecule has 0 aromatic heterocycles. The zero-order valence-electron chi connectivity index (χ0n) is 10.4. The first kappa shape index (κ1) is 14.5. The van der Waals surface area contributed by atoms with Crippen molar-refractivity contribution >= 4 is 17.4 Å². The van der Waals surface area contributed by atoms with Crippen LogP contribution in [-0.2, 0) is 11.2 Å². The van der Waals surface area contributed by atoms with Crippen LogP contribution in [0.2, 0.25) is 5.02 Å². The molecule has 0 amide bonds. The van der Waals surface area contributed by atoms with Crippen molar-refractivity contribution in [2.75, 3.05) is 6.61 Å². The van der Waals surface area contributed by atoms with Gasteiger partial charge in [0.1, 0.15) is 12.4 Å². The summed E-state index contributed by atoms with van der Waals surface area (Å²) in [4.78, 5) is 11.7. The molecule has 20 heavy (non-hydrogen) atoms. The number of rotatable bonds is 5. The van der Waals surface area contributed by atoms with Crippen LogP contribution in [0.3, 0.4) is 0 Å². The lowest BCUT2D eigenvalue weighted by atomic mass is 10.1. The van der Waals surface area contributed by atoms with Crippen molar-refractivity contribution in [3.05, 3.63) is 64.7 Å². The van der Waals surface area contributed by atoms with Gasteiger partial charge in [-0.15, -0.1) is 0 Å². The summed E-state index contributed by atoms with van der Waals surface area (Å²) in [6.07, 6.45) is 0.0896. The molecule has 0 saturated heterocycles. The van der Waals surface area contributed by atoms with Gasteiger partial charge < -0.3 is 4.74 Å². The Kier molecular flexibility index (Phi) is 4.69. The third-order valence-corrected chi connectivity index (χ3v) is 2.91. The maximum Gasteiger partial charge on any atom is 0.174 e. The molecular formula is C15H11ClF2O2. The molecule has 5 heteroatoms. The summed E-state index contributed by atoms with van der Waals surface area (Å²) in [5, 5.41) is 0.111. The standard InChI is InChI=1S/C15H11ClF2O2/c16-13-2-1-3-14(18)15(13)20-9-12(19)8-10-4-6-11(17)7-5-10/h1-7H,8-9H2. The van der Waals surface area contributed by atoms with E-state index in [0.29, 0.717) is 5.56 Å². The van der Waals surface area contributed by atoms with Crippen molar-refractivity contribution in [2.45, 2.75) is 6.42 Å². The zero-order valence-corrected chi connectivity index (χ0v) is 11.2. The molecule has 0 heterocycles. The maximum absolute atomic E-state index is 13.4. The largest absolute Gasteiger partial charge is 0.481 e. The Morgan fingerprint density at radius 3 is 2.45 bits per heavy atom. The van der Waals surface area contributed by atoms with Crippen LogP contribution >= 0.6 is 11.6 Å². The molecule has 0 spiro atoms. The van der Waals surface area contributed by atoms with Gasteiger partial charge in [-0.3, -0.25) is 4.79 Å². The SMILES string of the molecule is O=C(COc1c(F)cccc1Cl)Cc1ccc(F)cc1. The van der Waals surface area contributed by atoms with E-state index < -0.39 is 5.82 Å². The number of Topliss-reactive ketones (excluding diaryl/α,β-unsaturated/α-hetero) is 1. The van der Waals surface area contributed by atoms with Crippen LogP contribution in [0.5, 0.6) is 5.75 Å². The molecule has 2 rings (SSSR count). The summed E-state index contributed by atoms with van der Waals surface area (Å²) in [5.41, 5.74) is 0.666. The predicted octanol–water partition coefficient (Wildman–Crippen LogP) is 3.81. The van der Waals surface area contributed by atoms with E-state index in [1.807, 2.05) is 0 Å². The number of ether oxygens (including phenoxy) is 1. The highest BCUT2D eigenvalue weighted by Crippen LogP contribution is 2.27. The van der Waals surface area contributed by atoms with Crippen molar-refractivity contribution in [3.63, 3.8) is 0 Å². The molecule has 0 aliphatic carbocycles. The van der Waals surface area contributed by atoms with Crippen molar-refractivity contribution in [1.82, 2.24) is 0 Å². The summed E-state index contributed by atoms with van der Waals surface area (Å²) >= 11 is 5.77. The quantitative estimate of drug-likeness (QED) is 0.838. The van der Waals surface area contributed by atoms with Crippen LogP contribution in [0.4, 0.5) is 8.78 Å². The van der Waals surface area contributed by atoms with Gasteiger partial charge in [0.2, 0.25) is 0 Å². The summed E-state index contributed by atoms with van der Waals surface area (Å²) in [7, 11) is 0. The van der Waals surface area contributed by atoms with Gasteiger partial charge in [-0.2, -0.15) is 0 Å². The Morgan fingerprint density at radius 2 is 1.80 bits per heavy atom. The summed E-state index contributed by atoms with van der Waals surface area (Å²) < 4.78 is 31.2. The number of hydrogen-bond acceptors (Lipinski definition) is 2. The van der Waals surface area contributed by atoms with Crippen LogP contribution in [0.25, 0.3) is 0 Å². The van der Waals surface area contributed by atoms with E-state index in [2.05, 4.69) is 0 Å². The molecular weight excluding hydrogens is 286 g/mol. The number of ketones is 1. The van der Waals surface area contributed by atoms with Gasteiger partial charge in [0.25, 0.3) is 0 Å². The van der Waals surface area contributed by atoms with Crippen molar-refractivity contribution in [1.29, 1.82) is 0 Å². The van der Waals surface area contributed by atoms with E-state index in [1.54, 1.807) is 0 Å². The number of halogens is 3. The van der Waals surface area contributed by atoms with Crippen LogP contribution in [0, 0.1) is 11.6 Å². The van der Waals surface area contributed by atoms with E-state index in [9.17, 15) is 13.6 Å². The molecule has 0 radical (unpaired) electrons. The topological polar surface area (TPSA) is 26.3 Å². The lowest BCUT2D eigenvalue weighted by Crippen LogP contribution is -2.14. The molecule has 2 aromatic rings. The molecule has 0 unspecified atom stereocenters. The van der Waals surface area contributed by atoms with Gasteiger partial charge in [0.15, 0.2) is 17.3 Å². The number of benzene rings is 2. The van der Waals surface area contributed by atoms with Crippen LogP contribution in [0.1, 0.15) is 5.56 Å². The van der Waals surface area contributed by atoms with Crippen LogP contribution in [-0.4, -0.2) is 12.4 Å². The van der Waals surface area contributed by atoms with E-state index >= 15 is 0 Å². The Hall–Kier alpha value is -1.94. The number of carbonyl (C=O) groups is 1. The van der Waals surface area contributed by atoms with Crippen LogP contribution < -0.4 is 4.74 Å². The van der Waals surface area contributed by atoms with E-state index in [1.165, 1.54) is 42.5 Å². The second kappa shape index (κ2) is 6.48. The van der Waals surface area contributed by atoms with Gasteiger partial charge in [-0.1, -0.05) is 29.8 Å². The highest BCUT2D eigenvalue weighted by Gasteiger charge is 2.11. The maximum atomic E-state index is 13.4. The van der Waals surface area contributed by atoms with Crippen LogP contribution in [0.15, 0.2) is 42.5 Å². The van der Waals surface area contributed by atoms with Gasteiger partial charge in [0.05, 0.1) is 5.02 Å². The lowest BCUT2D eigenvalue weighted by molar-refractivity contribution is -0.120. The average molecular weight is 297 g/mol. The highest BCUT2D eigenvalue weighted by atomic mass is 35.5. The third kappa shape index (κ3) is 3.78. The smallest absolute Gasteiger partial charge is 0.174 e.